The summed E-state index contributed by atoms with van der Waals surface area (Å²) in [4.78, 5) is 1.92. The lowest BCUT2D eigenvalue weighted by Gasteiger charge is -2.27. The van der Waals surface area contributed by atoms with Gasteiger partial charge < -0.3 is 10.0 Å². The van der Waals surface area contributed by atoms with Gasteiger partial charge in [-0.15, -0.1) is 0 Å². The van der Waals surface area contributed by atoms with E-state index in [0.29, 0.717) is 11.4 Å². The van der Waals surface area contributed by atoms with E-state index >= 15 is 0 Å². The van der Waals surface area contributed by atoms with Gasteiger partial charge in [-0.2, -0.15) is 0 Å². The molecule has 106 valence electrons. The molecule has 0 aliphatic carbocycles. The number of hydrogen-bond acceptors (Lipinski definition) is 4. The Bertz CT molecular complexity index is 571. The Morgan fingerprint density at radius 2 is 2.16 bits per heavy atom. The van der Waals surface area contributed by atoms with Crippen LogP contribution in [-0.4, -0.2) is 38.1 Å². The Balaban J connectivity index is 2.23. The summed E-state index contributed by atoms with van der Waals surface area (Å²) >= 11 is 6.22. The van der Waals surface area contributed by atoms with E-state index in [1.165, 1.54) is 0 Å². The molecule has 2 atom stereocenters. The van der Waals surface area contributed by atoms with Crippen molar-refractivity contribution in [3.05, 3.63) is 28.8 Å². The summed E-state index contributed by atoms with van der Waals surface area (Å²) in [5.41, 5.74) is 1.55. The predicted octanol–water partition coefficient (Wildman–Crippen LogP) is 2.02. The molecule has 0 aromatic heterocycles. The average Bonchev–Trinajstić information content (AvgIpc) is 2.68. The summed E-state index contributed by atoms with van der Waals surface area (Å²) in [6.45, 7) is 1.68. The van der Waals surface area contributed by atoms with E-state index in [1.54, 1.807) is 13.0 Å². The van der Waals surface area contributed by atoms with Gasteiger partial charge in [-0.1, -0.05) is 17.7 Å². The van der Waals surface area contributed by atoms with Gasteiger partial charge in [-0.25, -0.2) is 8.42 Å². The summed E-state index contributed by atoms with van der Waals surface area (Å²) in [7, 11) is -1.05. The maximum atomic E-state index is 11.5. The molecule has 0 radical (unpaired) electrons. The molecule has 2 rings (SSSR count). The molecule has 1 N–H and O–H groups in total. The van der Waals surface area contributed by atoms with Gasteiger partial charge >= 0.3 is 0 Å². The van der Waals surface area contributed by atoms with Crippen LogP contribution in [0.25, 0.3) is 0 Å². The third-order valence-corrected chi connectivity index (χ3v) is 5.64. The number of hydrogen-bond donors (Lipinski definition) is 1. The molecule has 1 saturated heterocycles. The Labute approximate surface area is 118 Å². The lowest BCUT2D eigenvalue weighted by atomic mass is 10.1. The van der Waals surface area contributed by atoms with E-state index in [2.05, 4.69) is 0 Å². The van der Waals surface area contributed by atoms with Crippen LogP contribution in [0.15, 0.2) is 18.2 Å². The maximum Gasteiger partial charge on any atom is 0.152 e. The zero-order valence-corrected chi connectivity index (χ0v) is 12.6. The molecule has 4 nitrogen and oxygen atoms in total. The lowest BCUT2D eigenvalue weighted by molar-refractivity contribution is 0.199. The minimum absolute atomic E-state index is 0.0279. The highest BCUT2D eigenvalue weighted by atomic mass is 35.5. The van der Waals surface area contributed by atoms with Crippen LogP contribution < -0.4 is 4.90 Å². The number of nitrogens with zero attached hydrogens (tertiary/aromatic N) is 1. The Kier molecular flexibility index (Phi) is 4.08. The molecular formula is C13H18ClNO3S. The van der Waals surface area contributed by atoms with E-state index < -0.39 is 15.9 Å². The van der Waals surface area contributed by atoms with Crippen LogP contribution in [0.4, 0.5) is 5.69 Å². The smallest absolute Gasteiger partial charge is 0.152 e. The molecule has 1 aliphatic rings. The quantitative estimate of drug-likeness (QED) is 0.928. The van der Waals surface area contributed by atoms with E-state index in [0.717, 1.165) is 11.3 Å². The first-order valence-electron chi connectivity index (χ1n) is 6.21. The Morgan fingerprint density at radius 1 is 1.47 bits per heavy atom. The van der Waals surface area contributed by atoms with Crippen molar-refractivity contribution in [2.24, 2.45) is 0 Å². The second-order valence-electron chi connectivity index (χ2n) is 5.05. The van der Waals surface area contributed by atoms with Crippen molar-refractivity contribution in [3.8, 4) is 0 Å². The van der Waals surface area contributed by atoms with Crippen LogP contribution in [0.2, 0.25) is 5.02 Å². The predicted molar refractivity (Wildman–Crippen MR) is 77.5 cm³/mol. The number of aliphatic hydroxyl groups excluding tert-OH is 1. The topological polar surface area (TPSA) is 57.6 Å². The molecule has 2 unspecified atom stereocenters. The summed E-state index contributed by atoms with van der Waals surface area (Å²) in [6.07, 6.45) is 0.0663. The normalized spacial score (nSPS) is 23.3. The highest BCUT2D eigenvalue weighted by Gasteiger charge is 2.31. The van der Waals surface area contributed by atoms with Gasteiger partial charge in [0.1, 0.15) is 0 Å². The van der Waals surface area contributed by atoms with Gasteiger partial charge in [-0.05, 0) is 31.0 Å². The van der Waals surface area contributed by atoms with Crippen molar-refractivity contribution in [3.63, 3.8) is 0 Å². The first-order chi connectivity index (χ1) is 8.80. The standard InChI is InChI=1S/C13H18ClNO3S/c1-9(16)10-3-4-13(12(14)7-10)15(2)11-5-6-19(17,18)8-11/h3-4,7,9,11,16H,5-6,8H2,1-2H3. The first-order valence-corrected chi connectivity index (χ1v) is 8.41. The van der Waals surface area contributed by atoms with Crippen LogP contribution in [0.5, 0.6) is 0 Å². The van der Waals surface area contributed by atoms with Crippen molar-refractivity contribution in [1.29, 1.82) is 0 Å². The third kappa shape index (κ3) is 3.22. The molecule has 1 aromatic rings. The van der Waals surface area contributed by atoms with E-state index in [4.69, 9.17) is 11.6 Å². The first kappa shape index (κ1) is 14.6. The van der Waals surface area contributed by atoms with Crippen LogP contribution in [0.1, 0.15) is 25.0 Å². The van der Waals surface area contributed by atoms with Gasteiger partial charge in [0.2, 0.25) is 0 Å². The highest BCUT2D eigenvalue weighted by molar-refractivity contribution is 7.91. The fourth-order valence-electron chi connectivity index (χ4n) is 2.35. The van der Waals surface area contributed by atoms with E-state index in [-0.39, 0.29) is 17.5 Å². The molecule has 0 spiro atoms. The van der Waals surface area contributed by atoms with Gasteiger partial charge in [0.25, 0.3) is 0 Å². The van der Waals surface area contributed by atoms with Gasteiger partial charge in [0.15, 0.2) is 9.84 Å². The van der Waals surface area contributed by atoms with Crippen molar-refractivity contribution in [1.82, 2.24) is 0 Å². The number of anilines is 1. The van der Waals surface area contributed by atoms with Crippen molar-refractivity contribution in [2.45, 2.75) is 25.5 Å². The van der Waals surface area contributed by atoms with Crippen LogP contribution in [0, 0.1) is 0 Å². The molecule has 1 aliphatic heterocycles. The highest BCUT2D eigenvalue weighted by Crippen LogP contribution is 2.31. The fourth-order valence-corrected chi connectivity index (χ4v) is 4.44. The molecule has 19 heavy (non-hydrogen) atoms. The van der Waals surface area contributed by atoms with Crippen molar-refractivity contribution >= 4 is 27.1 Å². The molecule has 1 heterocycles. The summed E-state index contributed by atoms with van der Waals surface area (Å²) in [5, 5.41) is 10.0. The second-order valence-corrected chi connectivity index (χ2v) is 7.69. The maximum absolute atomic E-state index is 11.5. The Morgan fingerprint density at radius 3 is 2.63 bits per heavy atom. The van der Waals surface area contributed by atoms with Crippen LogP contribution >= 0.6 is 11.6 Å². The fraction of sp³-hybridized carbons (Fsp3) is 0.538. The Hall–Kier alpha value is -0.780. The molecule has 0 saturated carbocycles. The zero-order valence-electron chi connectivity index (χ0n) is 11.0. The van der Waals surface area contributed by atoms with E-state index in [9.17, 15) is 13.5 Å². The number of halogens is 1. The third-order valence-electron chi connectivity index (χ3n) is 3.59. The SMILES string of the molecule is CC(O)c1ccc(N(C)C2CCS(=O)(=O)C2)c(Cl)c1. The molecule has 1 fully saturated rings. The molecule has 0 bridgehead atoms. The summed E-state index contributed by atoms with van der Waals surface area (Å²) in [5.74, 6) is 0.420. The summed E-state index contributed by atoms with van der Waals surface area (Å²) in [6, 6.07) is 5.34. The average molecular weight is 304 g/mol. The summed E-state index contributed by atoms with van der Waals surface area (Å²) < 4.78 is 23.0. The van der Waals surface area contributed by atoms with Gasteiger partial charge in [-0.3, -0.25) is 0 Å². The van der Waals surface area contributed by atoms with Crippen molar-refractivity contribution in [2.75, 3.05) is 23.5 Å². The number of rotatable bonds is 3. The largest absolute Gasteiger partial charge is 0.389 e. The van der Waals surface area contributed by atoms with Crippen molar-refractivity contribution < 1.29 is 13.5 Å². The number of aliphatic hydroxyl groups is 1. The monoisotopic (exact) mass is 303 g/mol. The molecule has 0 amide bonds. The van der Waals surface area contributed by atoms with Gasteiger partial charge in [0, 0.05) is 13.1 Å². The zero-order chi connectivity index (χ0) is 14.2. The van der Waals surface area contributed by atoms with Crippen LogP contribution in [0.3, 0.4) is 0 Å². The second kappa shape index (κ2) is 5.31. The van der Waals surface area contributed by atoms with Crippen LogP contribution in [-0.2, 0) is 9.84 Å². The minimum Gasteiger partial charge on any atom is -0.389 e. The minimum atomic E-state index is -2.91. The van der Waals surface area contributed by atoms with Gasteiger partial charge in [0.05, 0.1) is 28.3 Å². The number of sulfone groups is 1. The number of benzene rings is 1. The molecule has 6 heteroatoms. The van der Waals surface area contributed by atoms with E-state index in [1.807, 2.05) is 24.1 Å². The molecule has 1 aromatic carbocycles. The molecular weight excluding hydrogens is 286 g/mol. The lowest BCUT2D eigenvalue weighted by Crippen LogP contribution is -2.32.